The summed E-state index contributed by atoms with van der Waals surface area (Å²) < 4.78 is 16.7. The normalized spacial score (nSPS) is 13.6. The molecule has 3 aromatic carbocycles. The Balaban J connectivity index is 1.18. The minimum Gasteiger partial charge on any atom is -0.488 e. The number of fused-ring (bicyclic) bond motifs is 1. The van der Waals surface area contributed by atoms with Gasteiger partial charge in [0.2, 0.25) is 5.58 Å². The van der Waals surface area contributed by atoms with Gasteiger partial charge < -0.3 is 35.7 Å². The molecule has 202 valence electrons. The summed E-state index contributed by atoms with van der Waals surface area (Å²) in [6, 6.07) is 19.4. The van der Waals surface area contributed by atoms with Crippen LogP contribution in [0.3, 0.4) is 0 Å². The van der Waals surface area contributed by atoms with Crippen molar-refractivity contribution in [2.24, 2.45) is 0 Å². The second-order valence-electron chi connectivity index (χ2n) is 9.01. The van der Waals surface area contributed by atoms with Crippen molar-refractivity contribution in [3.63, 3.8) is 0 Å². The van der Waals surface area contributed by atoms with Crippen LogP contribution < -0.4 is 26.4 Å². The van der Waals surface area contributed by atoms with Crippen LogP contribution >= 0.6 is 0 Å². The van der Waals surface area contributed by atoms with E-state index < -0.39 is 0 Å². The average Bonchev–Trinajstić information content (AvgIpc) is 3.35. The van der Waals surface area contributed by atoms with Crippen LogP contribution in [0.1, 0.15) is 15.9 Å². The van der Waals surface area contributed by atoms with Crippen molar-refractivity contribution in [1.82, 2.24) is 15.4 Å². The van der Waals surface area contributed by atoms with E-state index in [0.29, 0.717) is 46.8 Å². The highest BCUT2D eigenvalue weighted by atomic mass is 16.5. The van der Waals surface area contributed by atoms with E-state index in [0.717, 1.165) is 38.4 Å². The Morgan fingerprint density at radius 3 is 2.46 bits per heavy atom. The van der Waals surface area contributed by atoms with Gasteiger partial charge in [0.1, 0.15) is 6.61 Å². The molecule has 5 rings (SSSR count). The fourth-order valence-corrected chi connectivity index (χ4v) is 4.24. The zero-order chi connectivity index (χ0) is 27.0. The summed E-state index contributed by atoms with van der Waals surface area (Å²) >= 11 is 0. The number of carbonyl (C=O) groups excluding carboxylic acids is 2. The number of benzene rings is 3. The molecule has 0 spiro atoms. The van der Waals surface area contributed by atoms with Gasteiger partial charge in [-0.15, -0.1) is 0 Å². The Morgan fingerprint density at radius 1 is 0.949 bits per heavy atom. The minimum atomic E-state index is -0.358. The van der Waals surface area contributed by atoms with Crippen LogP contribution in [0.5, 0.6) is 5.75 Å². The van der Waals surface area contributed by atoms with E-state index in [1.807, 2.05) is 42.5 Å². The van der Waals surface area contributed by atoms with Crippen LogP contribution in [-0.2, 0) is 11.3 Å². The maximum atomic E-state index is 13.1. The highest BCUT2D eigenvalue weighted by molar-refractivity contribution is 6.15. The molecule has 0 radical (unpaired) electrons. The third kappa shape index (κ3) is 6.64. The van der Waals surface area contributed by atoms with Crippen molar-refractivity contribution in [3.05, 3.63) is 77.9 Å². The maximum absolute atomic E-state index is 13.1. The first-order valence-corrected chi connectivity index (χ1v) is 12.7. The Labute approximate surface area is 225 Å². The molecule has 1 fully saturated rings. The molecule has 5 N–H and O–H groups in total. The van der Waals surface area contributed by atoms with Crippen LogP contribution in [0.2, 0.25) is 0 Å². The third-order valence-electron chi connectivity index (χ3n) is 6.32. The summed E-state index contributed by atoms with van der Waals surface area (Å²) in [5.74, 6) is 0.235. The van der Waals surface area contributed by atoms with E-state index >= 15 is 0 Å². The number of nitrogens with one attached hydrogen (secondary N) is 3. The minimum absolute atomic E-state index is 0.115. The van der Waals surface area contributed by atoms with Crippen molar-refractivity contribution < 1.29 is 23.6 Å². The standard InChI is InChI=1S/C28H30N6O5/c29-26-24-22(10-11-23(25(24)39-33-26)38-17-14-34-12-15-37-16-13-34)27(35)31-21-8-6-19(7-9-21)18-30-28(36)32-20-4-2-1-3-5-20/h1-11H,12-18H2,(H2,29,33)(H,31,35)(H2,30,32,36). The number of amides is 3. The average molecular weight is 531 g/mol. The molecule has 39 heavy (non-hydrogen) atoms. The fraction of sp³-hybridized carbons (Fsp3) is 0.250. The lowest BCUT2D eigenvalue weighted by Crippen LogP contribution is -2.38. The molecule has 0 atom stereocenters. The Morgan fingerprint density at radius 2 is 1.69 bits per heavy atom. The topological polar surface area (TPSA) is 144 Å². The lowest BCUT2D eigenvalue weighted by atomic mass is 10.1. The van der Waals surface area contributed by atoms with Crippen molar-refractivity contribution in [2.75, 3.05) is 55.8 Å². The van der Waals surface area contributed by atoms with Gasteiger partial charge in [-0.1, -0.05) is 35.5 Å². The van der Waals surface area contributed by atoms with E-state index in [4.69, 9.17) is 19.7 Å². The zero-order valence-corrected chi connectivity index (χ0v) is 21.3. The van der Waals surface area contributed by atoms with Crippen molar-refractivity contribution in [2.45, 2.75) is 6.54 Å². The predicted molar refractivity (Wildman–Crippen MR) is 148 cm³/mol. The molecule has 1 saturated heterocycles. The molecular formula is C28H30N6O5. The van der Waals surface area contributed by atoms with Gasteiger partial charge in [-0.3, -0.25) is 9.69 Å². The SMILES string of the molecule is Nc1noc2c(OCCN3CCOCC3)ccc(C(=O)Nc3ccc(CNC(=O)Nc4ccccc4)cc3)c12. The predicted octanol–water partition coefficient (Wildman–Crippen LogP) is 3.70. The quantitative estimate of drug-likeness (QED) is 0.256. The van der Waals surface area contributed by atoms with Gasteiger partial charge in [-0.25, -0.2) is 4.79 Å². The number of anilines is 3. The van der Waals surface area contributed by atoms with E-state index in [-0.39, 0.29) is 17.8 Å². The molecule has 4 aromatic rings. The summed E-state index contributed by atoms with van der Waals surface area (Å²) in [4.78, 5) is 27.5. The molecule has 0 bridgehead atoms. The number of nitrogens with zero attached hydrogens (tertiary/aromatic N) is 2. The number of nitrogen functional groups attached to an aromatic ring is 1. The van der Waals surface area contributed by atoms with Crippen LogP contribution in [-0.4, -0.2) is 61.4 Å². The van der Waals surface area contributed by atoms with Crippen LogP contribution in [0, 0.1) is 0 Å². The van der Waals surface area contributed by atoms with Gasteiger partial charge in [0.05, 0.1) is 24.2 Å². The Hall–Kier alpha value is -4.61. The highest BCUT2D eigenvalue weighted by Crippen LogP contribution is 2.33. The van der Waals surface area contributed by atoms with Crippen LogP contribution in [0.4, 0.5) is 22.0 Å². The molecule has 11 nitrogen and oxygen atoms in total. The van der Waals surface area contributed by atoms with Gasteiger partial charge in [-0.05, 0) is 42.0 Å². The van der Waals surface area contributed by atoms with Crippen molar-refractivity contribution in [1.29, 1.82) is 0 Å². The Bertz CT molecular complexity index is 1420. The lowest BCUT2D eigenvalue weighted by Gasteiger charge is -2.26. The number of hydrogen-bond donors (Lipinski definition) is 4. The smallest absolute Gasteiger partial charge is 0.319 e. The zero-order valence-electron chi connectivity index (χ0n) is 21.3. The number of morpholine rings is 1. The molecule has 1 aliphatic rings. The number of rotatable bonds is 9. The third-order valence-corrected chi connectivity index (χ3v) is 6.32. The number of urea groups is 1. The van der Waals surface area contributed by atoms with Crippen LogP contribution in [0.25, 0.3) is 11.0 Å². The number of ether oxygens (including phenoxy) is 2. The van der Waals surface area contributed by atoms with Gasteiger partial charge in [0, 0.05) is 37.6 Å². The monoisotopic (exact) mass is 530 g/mol. The number of aromatic nitrogens is 1. The molecule has 1 aromatic heterocycles. The lowest BCUT2D eigenvalue weighted by molar-refractivity contribution is 0.0322. The van der Waals surface area contributed by atoms with Crippen molar-refractivity contribution in [3.8, 4) is 5.75 Å². The first-order chi connectivity index (χ1) is 19.1. The molecule has 11 heteroatoms. The molecule has 0 saturated carbocycles. The molecule has 3 amide bonds. The molecule has 0 aliphatic carbocycles. The first-order valence-electron chi connectivity index (χ1n) is 12.7. The maximum Gasteiger partial charge on any atom is 0.319 e. The molecule has 0 unspecified atom stereocenters. The number of carbonyl (C=O) groups is 2. The summed E-state index contributed by atoms with van der Waals surface area (Å²) in [7, 11) is 0. The summed E-state index contributed by atoms with van der Waals surface area (Å²) in [5, 5.41) is 12.7. The number of nitrogens with two attached hydrogens (primary N) is 1. The second kappa shape index (κ2) is 12.3. The first kappa shape index (κ1) is 26.0. The van der Waals surface area contributed by atoms with E-state index in [1.54, 1.807) is 24.3 Å². The van der Waals surface area contributed by atoms with E-state index in [9.17, 15) is 9.59 Å². The van der Waals surface area contributed by atoms with E-state index in [2.05, 4.69) is 26.0 Å². The number of para-hydroxylation sites is 1. The number of hydrogen-bond acceptors (Lipinski definition) is 8. The van der Waals surface area contributed by atoms with E-state index in [1.165, 1.54) is 0 Å². The molecule has 2 heterocycles. The van der Waals surface area contributed by atoms with Gasteiger partial charge in [-0.2, -0.15) is 0 Å². The summed E-state index contributed by atoms with van der Waals surface area (Å²) in [5.41, 5.74) is 8.88. The second-order valence-corrected chi connectivity index (χ2v) is 9.01. The summed E-state index contributed by atoms with van der Waals surface area (Å²) in [6.45, 7) is 4.72. The Kier molecular flexibility index (Phi) is 8.20. The van der Waals surface area contributed by atoms with Gasteiger partial charge >= 0.3 is 6.03 Å². The van der Waals surface area contributed by atoms with Gasteiger partial charge in [0.15, 0.2) is 11.6 Å². The fourth-order valence-electron chi connectivity index (χ4n) is 4.24. The van der Waals surface area contributed by atoms with Crippen molar-refractivity contribution >= 4 is 40.1 Å². The summed E-state index contributed by atoms with van der Waals surface area (Å²) in [6.07, 6.45) is 0. The largest absolute Gasteiger partial charge is 0.488 e. The highest BCUT2D eigenvalue weighted by Gasteiger charge is 2.21. The van der Waals surface area contributed by atoms with Crippen LogP contribution in [0.15, 0.2) is 71.3 Å². The molecule has 1 aliphatic heterocycles. The van der Waals surface area contributed by atoms with Gasteiger partial charge in [0.25, 0.3) is 5.91 Å². The molecular weight excluding hydrogens is 500 g/mol.